The van der Waals surface area contributed by atoms with Crippen LogP contribution in [-0.2, 0) is 27.1 Å². The Labute approximate surface area is 234 Å². The zero-order valence-corrected chi connectivity index (χ0v) is 24.2. The van der Waals surface area contributed by atoms with Gasteiger partial charge in [-0.25, -0.2) is 18.2 Å². The highest BCUT2D eigenvalue weighted by molar-refractivity contribution is 7.99. The Kier molecular flexibility index (Phi) is 9.15. The molecule has 0 amide bonds. The van der Waals surface area contributed by atoms with Crippen LogP contribution in [0.4, 0.5) is 0 Å². The van der Waals surface area contributed by atoms with Gasteiger partial charge in [-0.05, 0) is 35.1 Å². The largest absolute Gasteiger partial charge is 0.480 e. The molecule has 206 valence electrons. The van der Waals surface area contributed by atoms with Crippen LogP contribution in [0.2, 0.25) is 0 Å². The molecule has 0 saturated heterocycles. The number of thioether (sulfide) groups is 1. The third-order valence-electron chi connectivity index (χ3n) is 6.45. The number of imidazole rings is 1. The van der Waals surface area contributed by atoms with Crippen LogP contribution < -0.4 is 0 Å². The van der Waals surface area contributed by atoms with Gasteiger partial charge in [0.25, 0.3) is 0 Å². The molecule has 0 bridgehead atoms. The maximum atomic E-state index is 13.5. The molecule has 0 aliphatic heterocycles. The molecule has 1 atom stereocenters. The second kappa shape index (κ2) is 12.4. The maximum Gasteiger partial charge on any atom is 0.327 e. The molecule has 0 aliphatic rings. The Balaban J connectivity index is 1.53. The predicted molar refractivity (Wildman–Crippen MR) is 157 cm³/mol. The standard InChI is InChI=1S/C30H35N3O4S2/c1-30(2,3)27(28(34)35)33-26-18-11-10-17-25(26)31-29(33)38-20-12-19-32(21-23-13-6-4-7-14-23)39(36,37)22-24-15-8-5-9-16-24/h4-11,13-18,27H,12,19-22H2,1-3H3,(H,34,35). The summed E-state index contributed by atoms with van der Waals surface area (Å²) in [5.41, 5.74) is 2.66. The number of rotatable bonds is 12. The van der Waals surface area contributed by atoms with E-state index in [2.05, 4.69) is 0 Å². The van der Waals surface area contributed by atoms with E-state index in [1.807, 2.05) is 110 Å². The van der Waals surface area contributed by atoms with Crippen LogP contribution in [0.15, 0.2) is 90.1 Å². The third kappa shape index (κ3) is 7.29. The summed E-state index contributed by atoms with van der Waals surface area (Å²) in [4.78, 5) is 17.1. The molecule has 1 heterocycles. The average molecular weight is 566 g/mol. The first kappa shape index (κ1) is 28.9. The van der Waals surface area contributed by atoms with Crippen LogP contribution in [-0.4, -0.2) is 45.6 Å². The molecule has 1 unspecified atom stereocenters. The smallest absolute Gasteiger partial charge is 0.327 e. The lowest BCUT2D eigenvalue weighted by Gasteiger charge is -2.29. The van der Waals surface area contributed by atoms with Crippen molar-refractivity contribution in [2.75, 3.05) is 12.3 Å². The normalized spacial score (nSPS) is 13.1. The van der Waals surface area contributed by atoms with Gasteiger partial charge in [-0.15, -0.1) is 0 Å². The van der Waals surface area contributed by atoms with Gasteiger partial charge in [0, 0.05) is 18.8 Å². The van der Waals surface area contributed by atoms with Gasteiger partial charge in [-0.3, -0.25) is 0 Å². The average Bonchev–Trinajstić information content (AvgIpc) is 3.23. The highest BCUT2D eigenvalue weighted by Crippen LogP contribution is 2.37. The van der Waals surface area contributed by atoms with Crippen molar-refractivity contribution in [2.45, 2.75) is 50.7 Å². The summed E-state index contributed by atoms with van der Waals surface area (Å²) in [6.07, 6.45) is 0.585. The van der Waals surface area contributed by atoms with Crippen LogP contribution in [0, 0.1) is 5.41 Å². The van der Waals surface area contributed by atoms with Gasteiger partial charge in [0.2, 0.25) is 10.0 Å². The molecule has 9 heteroatoms. The van der Waals surface area contributed by atoms with E-state index in [0.717, 1.165) is 22.2 Å². The molecule has 0 spiro atoms. The number of carboxylic acids is 1. The number of aromatic nitrogens is 2. The van der Waals surface area contributed by atoms with Gasteiger partial charge in [-0.2, -0.15) is 4.31 Å². The van der Waals surface area contributed by atoms with Crippen molar-refractivity contribution in [3.8, 4) is 0 Å². The first-order chi connectivity index (χ1) is 18.6. The fourth-order valence-corrected chi connectivity index (χ4v) is 7.14. The van der Waals surface area contributed by atoms with Crippen molar-refractivity contribution >= 4 is 38.8 Å². The van der Waals surface area contributed by atoms with Crippen molar-refractivity contribution < 1.29 is 18.3 Å². The molecule has 0 saturated carbocycles. The zero-order chi connectivity index (χ0) is 28.0. The van der Waals surface area contributed by atoms with Crippen molar-refractivity contribution in [1.29, 1.82) is 0 Å². The summed E-state index contributed by atoms with van der Waals surface area (Å²) in [5, 5.41) is 10.8. The molecule has 0 aliphatic carbocycles. The number of sulfonamides is 1. The zero-order valence-electron chi connectivity index (χ0n) is 22.5. The lowest BCUT2D eigenvalue weighted by Crippen LogP contribution is -2.33. The minimum Gasteiger partial charge on any atom is -0.480 e. The summed E-state index contributed by atoms with van der Waals surface area (Å²) in [6, 6.07) is 25.6. The van der Waals surface area contributed by atoms with Gasteiger partial charge in [0.05, 0.1) is 16.8 Å². The van der Waals surface area contributed by atoms with E-state index in [4.69, 9.17) is 4.98 Å². The summed E-state index contributed by atoms with van der Waals surface area (Å²) < 4.78 is 30.3. The van der Waals surface area contributed by atoms with Crippen molar-refractivity contribution in [3.63, 3.8) is 0 Å². The molecule has 4 rings (SSSR count). The first-order valence-corrected chi connectivity index (χ1v) is 15.5. The summed E-state index contributed by atoms with van der Waals surface area (Å²) in [7, 11) is -3.57. The van der Waals surface area contributed by atoms with Gasteiger partial charge in [0.15, 0.2) is 5.16 Å². The fraction of sp³-hybridized carbons (Fsp3) is 0.333. The van der Waals surface area contributed by atoms with E-state index in [9.17, 15) is 18.3 Å². The monoisotopic (exact) mass is 565 g/mol. The number of para-hydroxylation sites is 2. The highest BCUT2D eigenvalue weighted by Gasteiger charge is 2.36. The van der Waals surface area contributed by atoms with Gasteiger partial charge < -0.3 is 9.67 Å². The predicted octanol–water partition coefficient (Wildman–Crippen LogP) is 6.22. The minimum absolute atomic E-state index is 0.0600. The highest BCUT2D eigenvalue weighted by atomic mass is 32.2. The van der Waals surface area contributed by atoms with Crippen LogP contribution in [0.1, 0.15) is 44.4 Å². The molecule has 39 heavy (non-hydrogen) atoms. The van der Waals surface area contributed by atoms with Gasteiger partial charge in [-0.1, -0.05) is 105 Å². The number of carbonyl (C=O) groups is 1. The molecule has 1 aromatic heterocycles. The molecule has 0 radical (unpaired) electrons. The first-order valence-electron chi connectivity index (χ1n) is 12.9. The van der Waals surface area contributed by atoms with E-state index >= 15 is 0 Å². The van der Waals surface area contributed by atoms with Crippen molar-refractivity contribution in [1.82, 2.24) is 13.9 Å². The lowest BCUT2D eigenvalue weighted by molar-refractivity contribution is -0.144. The molecular weight excluding hydrogens is 530 g/mol. The number of benzene rings is 3. The van der Waals surface area contributed by atoms with Gasteiger partial charge >= 0.3 is 5.97 Å². The Hall–Kier alpha value is -3.14. The molecule has 0 fully saturated rings. The molecule has 1 N–H and O–H groups in total. The summed E-state index contributed by atoms with van der Waals surface area (Å²) >= 11 is 1.46. The molecular formula is C30H35N3O4S2. The summed E-state index contributed by atoms with van der Waals surface area (Å²) in [6.45, 7) is 6.37. The topological polar surface area (TPSA) is 92.5 Å². The molecule has 7 nitrogen and oxygen atoms in total. The Morgan fingerprint density at radius 1 is 0.949 bits per heavy atom. The van der Waals surface area contributed by atoms with E-state index < -0.39 is 27.4 Å². The van der Waals surface area contributed by atoms with Crippen LogP contribution in [0.25, 0.3) is 11.0 Å². The Morgan fingerprint density at radius 2 is 1.54 bits per heavy atom. The Morgan fingerprint density at radius 3 is 2.15 bits per heavy atom. The number of hydrogen-bond acceptors (Lipinski definition) is 5. The minimum atomic E-state index is -3.57. The number of carboxylic acid groups (broad SMARTS) is 1. The molecule has 3 aromatic carbocycles. The van der Waals surface area contributed by atoms with Crippen LogP contribution >= 0.6 is 11.8 Å². The quantitative estimate of drug-likeness (QED) is 0.162. The van der Waals surface area contributed by atoms with E-state index in [0.29, 0.717) is 30.4 Å². The lowest BCUT2D eigenvalue weighted by atomic mass is 9.86. The van der Waals surface area contributed by atoms with Crippen LogP contribution in [0.3, 0.4) is 0 Å². The third-order valence-corrected chi connectivity index (χ3v) is 9.28. The number of fused-ring (bicyclic) bond motifs is 1. The van der Waals surface area contributed by atoms with Crippen LogP contribution in [0.5, 0.6) is 0 Å². The van der Waals surface area contributed by atoms with E-state index in [1.54, 1.807) is 4.31 Å². The molecule has 4 aromatic rings. The van der Waals surface area contributed by atoms with E-state index in [1.165, 1.54) is 11.8 Å². The SMILES string of the molecule is CC(C)(C)C(C(=O)O)n1c(SCCCN(Cc2ccccc2)S(=O)(=O)Cc2ccccc2)nc2ccccc21. The van der Waals surface area contributed by atoms with Crippen molar-refractivity contribution in [2.24, 2.45) is 5.41 Å². The fourth-order valence-electron chi connectivity index (χ4n) is 4.63. The van der Waals surface area contributed by atoms with Crippen molar-refractivity contribution in [3.05, 3.63) is 96.1 Å². The second-order valence-corrected chi connectivity index (χ2v) is 13.7. The number of aliphatic carboxylic acids is 1. The second-order valence-electron chi connectivity index (χ2n) is 10.6. The van der Waals surface area contributed by atoms with E-state index in [-0.39, 0.29) is 5.75 Å². The summed E-state index contributed by atoms with van der Waals surface area (Å²) in [5.74, 6) is -0.380. The van der Waals surface area contributed by atoms with Gasteiger partial charge in [0.1, 0.15) is 6.04 Å². The number of nitrogens with zero attached hydrogens (tertiary/aromatic N) is 3. The Bertz CT molecular complexity index is 1500. The number of hydrogen-bond donors (Lipinski definition) is 1. The maximum absolute atomic E-state index is 13.5.